The van der Waals surface area contributed by atoms with Gasteiger partial charge in [-0.15, -0.1) is 0 Å². The maximum Gasteiger partial charge on any atom is 0.329 e. The molecule has 0 radical (unpaired) electrons. The molecular formula is C18H36N2O9. The number of nitrogens with one attached hydrogen (secondary N) is 1. The topological polar surface area (TPSA) is 125 Å². The van der Waals surface area contributed by atoms with E-state index in [2.05, 4.69) is 15.0 Å². The van der Waals surface area contributed by atoms with Crippen LogP contribution in [-0.4, -0.2) is 128 Å². The number of hydrogen-bond acceptors (Lipinski definition) is 9. The number of aliphatic carboxylic acids is 1. The second-order valence-corrected chi connectivity index (χ2v) is 6.10. The van der Waals surface area contributed by atoms with Gasteiger partial charge in [0.25, 0.3) is 0 Å². The molecule has 0 saturated carbocycles. The van der Waals surface area contributed by atoms with Gasteiger partial charge in [-0.25, -0.2) is 4.79 Å². The zero-order valence-corrected chi connectivity index (χ0v) is 17.6. The smallest absolute Gasteiger partial charge is 0.329 e. The number of carboxylic acids is 1. The fourth-order valence-electron chi connectivity index (χ4n) is 1.77. The van der Waals surface area contributed by atoms with Gasteiger partial charge in [-0.1, -0.05) is 0 Å². The quantitative estimate of drug-likeness (QED) is 0.206. The average Bonchev–Trinajstić information content (AvgIpc) is 2.66. The van der Waals surface area contributed by atoms with Gasteiger partial charge in [0.1, 0.15) is 13.2 Å². The van der Waals surface area contributed by atoms with E-state index in [0.29, 0.717) is 72.6 Å². The number of hydrogen-bond donors (Lipinski definition) is 2. The third kappa shape index (κ3) is 24.6. The first-order chi connectivity index (χ1) is 14.0. The predicted octanol–water partition coefficient (Wildman–Crippen LogP) is -1.15. The molecule has 0 unspecified atom stereocenters. The van der Waals surface area contributed by atoms with Gasteiger partial charge in [0.05, 0.1) is 66.1 Å². The van der Waals surface area contributed by atoms with Crippen molar-refractivity contribution in [2.75, 3.05) is 106 Å². The van der Waals surface area contributed by atoms with Gasteiger partial charge in [-0.3, -0.25) is 4.79 Å². The van der Waals surface area contributed by atoms with Gasteiger partial charge in [-0.2, -0.15) is 0 Å². The third-order valence-corrected chi connectivity index (χ3v) is 3.20. The number of nitrogens with zero attached hydrogens (tertiary/aromatic N) is 1. The summed E-state index contributed by atoms with van der Waals surface area (Å²) in [5, 5.41) is 10.9. The Hall–Kier alpha value is -1.34. The van der Waals surface area contributed by atoms with Crippen molar-refractivity contribution in [2.45, 2.75) is 0 Å². The molecule has 0 aliphatic heterocycles. The maximum absolute atomic E-state index is 11.3. The second-order valence-electron chi connectivity index (χ2n) is 6.10. The molecule has 0 aromatic rings. The van der Waals surface area contributed by atoms with Crippen molar-refractivity contribution in [1.29, 1.82) is 0 Å². The summed E-state index contributed by atoms with van der Waals surface area (Å²) in [5.41, 5.74) is 0. The average molecular weight is 424 g/mol. The number of likely N-dealkylation sites (N-methyl/N-ethyl adjacent to an activating group) is 1. The molecule has 172 valence electrons. The Balaban J connectivity index is 3.11. The van der Waals surface area contributed by atoms with E-state index in [1.807, 2.05) is 14.1 Å². The lowest BCUT2D eigenvalue weighted by Crippen LogP contribution is -2.31. The monoisotopic (exact) mass is 424 g/mol. The van der Waals surface area contributed by atoms with Gasteiger partial charge in [-0.05, 0) is 14.1 Å². The highest BCUT2D eigenvalue weighted by atomic mass is 16.6. The Labute approximate surface area is 172 Å². The Morgan fingerprint density at radius 2 is 1.14 bits per heavy atom. The molecule has 0 fully saturated rings. The normalized spacial score (nSPS) is 11.1. The number of carbonyl (C=O) groups excluding carboxylic acids is 1. The maximum atomic E-state index is 11.3. The molecule has 0 aromatic carbocycles. The molecule has 0 aliphatic rings. The molecule has 0 aromatic heterocycles. The summed E-state index contributed by atoms with van der Waals surface area (Å²) in [7, 11) is 4.00. The van der Waals surface area contributed by atoms with Crippen LogP contribution in [0.15, 0.2) is 0 Å². The molecule has 0 saturated heterocycles. The van der Waals surface area contributed by atoms with E-state index in [0.717, 1.165) is 6.54 Å². The first-order valence-corrected chi connectivity index (χ1v) is 9.62. The molecule has 29 heavy (non-hydrogen) atoms. The SMILES string of the molecule is CN(C)CCOCCOCCOCCOCCOCCNC(=O)COCC(=O)O. The van der Waals surface area contributed by atoms with E-state index in [-0.39, 0.29) is 12.5 Å². The van der Waals surface area contributed by atoms with E-state index < -0.39 is 12.6 Å². The van der Waals surface area contributed by atoms with Gasteiger partial charge >= 0.3 is 5.97 Å². The molecular weight excluding hydrogens is 388 g/mol. The zero-order valence-electron chi connectivity index (χ0n) is 17.6. The molecule has 0 atom stereocenters. The summed E-state index contributed by atoms with van der Waals surface area (Å²) in [6.07, 6.45) is 0. The second kappa shape index (κ2) is 21.4. The highest BCUT2D eigenvalue weighted by Gasteiger charge is 2.02. The molecule has 1 amide bonds. The summed E-state index contributed by atoms with van der Waals surface area (Å²) in [4.78, 5) is 23.5. The van der Waals surface area contributed by atoms with Crippen molar-refractivity contribution in [3.8, 4) is 0 Å². The van der Waals surface area contributed by atoms with E-state index in [9.17, 15) is 9.59 Å². The minimum atomic E-state index is -1.11. The van der Waals surface area contributed by atoms with Crippen LogP contribution in [0.4, 0.5) is 0 Å². The van der Waals surface area contributed by atoms with Crippen molar-refractivity contribution >= 4 is 11.9 Å². The van der Waals surface area contributed by atoms with E-state index in [1.165, 1.54) is 0 Å². The number of ether oxygens (including phenoxy) is 6. The number of carbonyl (C=O) groups is 2. The van der Waals surface area contributed by atoms with Crippen LogP contribution in [0.1, 0.15) is 0 Å². The summed E-state index contributed by atoms with van der Waals surface area (Å²) >= 11 is 0. The van der Waals surface area contributed by atoms with E-state index >= 15 is 0 Å². The first kappa shape index (κ1) is 27.7. The molecule has 0 bridgehead atoms. The highest BCUT2D eigenvalue weighted by Crippen LogP contribution is 1.84. The summed E-state index contributed by atoms with van der Waals surface area (Å²) in [6.45, 7) is 5.42. The zero-order chi connectivity index (χ0) is 21.6. The molecule has 0 rings (SSSR count). The number of amides is 1. The highest BCUT2D eigenvalue weighted by molar-refractivity contribution is 5.77. The van der Waals surface area contributed by atoms with E-state index in [4.69, 9.17) is 28.8 Å². The molecule has 11 heteroatoms. The lowest BCUT2D eigenvalue weighted by molar-refractivity contribution is -0.143. The van der Waals surface area contributed by atoms with E-state index in [1.54, 1.807) is 0 Å². The summed E-state index contributed by atoms with van der Waals surface area (Å²) < 4.78 is 31.5. The van der Waals surface area contributed by atoms with Crippen LogP contribution < -0.4 is 5.32 Å². The van der Waals surface area contributed by atoms with Crippen molar-refractivity contribution in [1.82, 2.24) is 10.2 Å². The minimum Gasteiger partial charge on any atom is -0.480 e. The van der Waals surface area contributed by atoms with Crippen LogP contribution in [-0.2, 0) is 38.0 Å². The lowest BCUT2D eigenvalue weighted by Gasteiger charge is -2.10. The van der Waals surface area contributed by atoms with Crippen molar-refractivity contribution in [2.24, 2.45) is 0 Å². The van der Waals surface area contributed by atoms with Crippen LogP contribution in [0.25, 0.3) is 0 Å². The van der Waals surface area contributed by atoms with Crippen LogP contribution >= 0.6 is 0 Å². The first-order valence-electron chi connectivity index (χ1n) is 9.62. The summed E-state index contributed by atoms with van der Waals surface area (Å²) in [5.74, 6) is -1.50. The van der Waals surface area contributed by atoms with Gasteiger partial charge in [0.2, 0.25) is 5.91 Å². The fraction of sp³-hybridized carbons (Fsp3) is 0.889. The Morgan fingerprint density at radius 1 is 0.690 bits per heavy atom. The number of carboxylic acid groups (broad SMARTS) is 1. The van der Waals surface area contributed by atoms with Crippen LogP contribution in [0.3, 0.4) is 0 Å². The van der Waals surface area contributed by atoms with Crippen LogP contribution in [0, 0.1) is 0 Å². The Bertz CT molecular complexity index is 398. The van der Waals surface area contributed by atoms with Crippen LogP contribution in [0.2, 0.25) is 0 Å². The summed E-state index contributed by atoms with van der Waals surface area (Å²) in [6, 6.07) is 0. The Kier molecular flexibility index (Phi) is 20.4. The van der Waals surface area contributed by atoms with Gasteiger partial charge < -0.3 is 43.7 Å². The van der Waals surface area contributed by atoms with Crippen molar-refractivity contribution in [3.05, 3.63) is 0 Å². The molecule has 11 nitrogen and oxygen atoms in total. The van der Waals surface area contributed by atoms with Crippen molar-refractivity contribution in [3.63, 3.8) is 0 Å². The fourth-order valence-corrected chi connectivity index (χ4v) is 1.77. The largest absolute Gasteiger partial charge is 0.480 e. The minimum absolute atomic E-state index is 0.287. The predicted molar refractivity (Wildman–Crippen MR) is 104 cm³/mol. The standard InChI is InChI=1S/C18H36N2O9/c1-20(2)4-6-25-8-10-27-12-14-28-13-11-26-9-7-24-5-3-19-17(21)15-29-16-18(22)23/h3-16H2,1-2H3,(H,19,21)(H,22,23). The van der Waals surface area contributed by atoms with Gasteiger partial charge in [0, 0.05) is 13.1 Å². The van der Waals surface area contributed by atoms with Crippen molar-refractivity contribution < 1.29 is 43.1 Å². The third-order valence-electron chi connectivity index (χ3n) is 3.20. The van der Waals surface area contributed by atoms with Crippen LogP contribution in [0.5, 0.6) is 0 Å². The Morgan fingerprint density at radius 3 is 1.59 bits per heavy atom. The molecule has 2 N–H and O–H groups in total. The lowest BCUT2D eigenvalue weighted by atomic mass is 10.6. The molecule has 0 aliphatic carbocycles. The number of rotatable bonds is 22. The molecule has 0 spiro atoms. The molecule has 0 heterocycles. The van der Waals surface area contributed by atoms with Gasteiger partial charge in [0.15, 0.2) is 0 Å².